The summed E-state index contributed by atoms with van der Waals surface area (Å²) in [7, 11) is 1.17. The molecule has 164 valence electrons. The number of ether oxygens (including phenoxy) is 1. The van der Waals surface area contributed by atoms with Gasteiger partial charge in [0.15, 0.2) is 0 Å². The maximum absolute atomic E-state index is 12.8. The molecule has 0 aliphatic carbocycles. The van der Waals surface area contributed by atoms with Gasteiger partial charge in [-0.25, -0.2) is 0 Å². The Morgan fingerprint density at radius 3 is 2.56 bits per heavy atom. The van der Waals surface area contributed by atoms with Gasteiger partial charge in [0.1, 0.15) is 5.92 Å². The molecule has 1 aliphatic heterocycles. The molecule has 2 amide bonds. The van der Waals surface area contributed by atoms with Gasteiger partial charge in [-0.05, 0) is 35.9 Å². The normalized spacial score (nSPS) is 17.9. The number of benzene rings is 2. The van der Waals surface area contributed by atoms with Gasteiger partial charge in [-0.15, -0.1) is 0 Å². The average molecular weight is 535 g/mol. The Hall–Kier alpha value is -2.80. The van der Waals surface area contributed by atoms with Crippen LogP contribution in [-0.2, 0) is 19.1 Å². The molecule has 3 rings (SSSR count). The lowest BCUT2D eigenvalue weighted by molar-refractivity contribution is -0.150. The number of hydrogen-bond acceptors (Lipinski definition) is 6. The van der Waals surface area contributed by atoms with Crippen LogP contribution in [0.2, 0.25) is 5.02 Å². The van der Waals surface area contributed by atoms with Gasteiger partial charge in [-0.3, -0.25) is 14.4 Å². The number of hydrogen-bond donors (Lipinski definition) is 2. The van der Waals surface area contributed by atoms with E-state index in [-0.39, 0.29) is 22.3 Å². The molecule has 0 bridgehead atoms. The number of amides is 2. The number of rotatable bonds is 6. The minimum absolute atomic E-state index is 0.0605. The summed E-state index contributed by atoms with van der Waals surface area (Å²) in [6.45, 7) is 0. The van der Waals surface area contributed by atoms with Crippen LogP contribution >= 0.6 is 39.3 Å². The van der Waals surface area contributed by atoms with Crippen molar-refractivity contribution in [3.8, 4) is 6.07 Å². The standard InChI is InChI=1S/C22H17BrClN3O4S/c1-31-22(30)19-18(14-4-2-3-5-16(14)24)15(10-25)21(27-20(19)29)32-11-17(28)26-13-8-6-12(23)7-9-13/h2-9,18-19H,11H2,1H3,(H,26,28)(H,27,29)/t18-,19-/m0/s1. The Bertz CT molecular complexity index is 1130. The number of anilines is 1. The Balaban J connectivity index is 1.89. The number of thioether (sulfide) groups is 1. The summed E-state index contributed by atoms with van der Waals surface area (Å²) in [6, 6.07) is 15.8. The van der Waals surface area contributed by atoms with E-state index in [0.717, 1.165) is 16.2 Å². The largest absolute Gasteiger partial charge is 0.468 e. The van der Waals surface area contributed by atoms with Crippen LogP contribution in [0.25, 0.3) is 0 Å². The zero-order valence-corrected chi connectivity index (χ0v) is 19.9. The number of carbonyl (C=O) groups excluding carboxylic acids is 3. The summed E-state index contributed by atoms with van der Waals surface area (Å²) in [4.78, 5) is 37.6. The lowest BCUT2D eigenvalue weighted by Crippen LogP contribution is -2.44. The van der Waals surface area contributed by atoms with E-state index in [1.807, 2.05) is 0 Å². The number of methoxy groups -OCH3 is 1. The van der Waals surface area contributed by atoms with E-state index in [4.69, 9.17) is 16.3 Å². The predicted molar refractivity (Wildman–Crippen MR) is 126 cm³/mol. The number of nitrogens with zero attached hydrogens (tertiary/aromatic N) is 1. The van der Waals surface area contributed by atoms with E-state index in [9.17, 15) is 19.6 Å². The van der Waals surface area contributed by atoms with Crippen LogP contribution in [0.1, 0.15) is 11.5 Å². The quantitative estimate of drug-likeness (QED) is 0.425. The predicted octanol–water partition coefficient (Wildman–Crippen LogP) is 4.21. The first kappa shape index (κ1) is 23.9. The lowest BCUT2D eigenvalue weighted by Gasteiger charge is -2.31. The van der Waals surface area contributed by atoms with Crippen LogP contribution < -0.4 is 10.6 Å². The zero-order valence-electron chi connectivity index (χ0n) is 16.7. The van der Waals surface area contributed by atoms with E-state index in [2.05, 4.69) is 32.6 Å². The summed E-state index contributed by atoms with van der Waals surface area (Å²) < 4.78 is 5.68. The molecule has 0 fully saturated rings. The minimum Gasteiger partial charge on any atom is -0.468 e. The summed E-state index contributed by atoms with van der Waals surface area (Å²) >= 11 is 10.7. The molecule has 1 heterocycles. The van der Waals surface area contributed by atoms with Crippen LogP contribution in [0.4, 0.5) is 5.69 Å². The topological polar surface area (TPSA) is 108 Å². The molecule has 1 aliphatic rings. The minimum atomic E-state index is -1.28. The van der Waals surface area contributed by atoms with Crippen LogP contribution in [-0.4, -0.2) is 30.6 Å². The molecule has 2 aromatic rings. The molecular weight excluding hydrogens is 518 g/mol. The highest BCUT2D eigenvalue weighted by Gasteiger charge is 2.45. The van der Waals surface area contributed by atoms with Gasteiger partial charge >= 0.3 is 5.97 Å². The first-order valence-corrected chi connectivity index (χ1v) is 11.5. The average Bonchev–Trinajstić information content (AvgIpc) is 2.78. The summed E-state index contributed by atoms with van der Waals surface area (Å²) in [5.74, 6) is -4.01. The SMILES string of the molecule is COC(=O)[C@@H]1C(=O)NC(SCC(=O)Nc2ccc(Br)cc2)=C(C#N)[C@@H]1c1ccccc1Cl. The molecule has 2 aromatic carbocycles. The highest BCUT2D eigenvalue weighted by Crippen LogP contribution is 2.42. The van der Waals surface area contributed by atoms with E-state index in [0.29, 0.717) is 16.3 Å². The van der Waals surface area contributed by atoms with Crippen molar-refractivity contribution in [1.29, 1.82) is 5.26 Å². The smallest absolute Gasteiger partial charge is 0.319 e. The molecule has 0 saturated heterocycles. The molecule has 10 heteroatoms. The maximum atomic E-state index is 12.8. The Labute approximate surface area is 202 Å². The second-order valence-corrected chi connectivity index (χ2v) is 9.00. The van der Waals surface area contributed by atoms with E-state index < -0.39 is 23.7 Å². The van der Waals surface area contributed by atoms with Crippen molar-refractivity contribution in [1.82, 2.24) is 5.32 Å². The molecule has 7 nitrogen and oxygen atoms in total. The molecule has 2 atom stereocenters. The first-order valence-electron chi connectivity index (χ1n) is 9.31. The fourth-order valence-electron chi connectivity index (χ4n) is 3.25. The molecule has 0 radical (unpaired) electrons. The number of carbonyl (C=O) groups is 3. The molecule has 0 spiro atoms. The molecule has 0 saturated carbocycles. The van der Waals surface area contributed by atoms with Crippen LogP contribution in [0, 0.1) is 17.2 Å². The van der Waals surface area contributed by atoms with Crippen LogP contribution in [0.5, 0.6) is 0 Å². The van der Waals surface area contributed by atoms with Gasteiger partial charge in [0.2, 0.25) is 11.8 Å². The second-order valence-electron chi connectivity index (χ2n) is 6.69. The molecule has 0 aromatic heterocycles. The highest BCUT2D eigenvalue weighted by molar-refractivity contribution is 9.10. The van der Waals surface area contributed by atoms with Crippen molar-refractivity contribution >= 4 is 62.8 Å². The van der Waals surface area contributed by atoms with Crippen molar-refractivity contribution in [2.45, 2.75) is 5.92 Å². The first-order chi connectivity index (χ1) is 15.3. The van der Waals surface area contributed by atoms with Gasteiger partial charge in [0, 0.05) is 21.1 Å². The van der Waals surface area contributed by atoms with Crippen molar-refractivity contribution in [2.75, 3.05) is 18.2 Å². The van der Waals surface area contributed by atoms with Crippen molar-refractivity contribution in [3.63, 3.8) is 0 Å². The summed E-state index contributed by atoms with van der Waals surface area (Å²) in [5.41, 5.74) is 1.20. The third-order valence-corrected chi connectivity index (χ3v) is 6.59. The third-order valence-electron chi connectivity index (χ3n) is 4.70. The number of nitrogens with one attached hydrogen (secondary N) is 2. The van der Waals surface area contributed by atoms with Crippen molar-refractivity contribution < 1.29 is 19.1 Å². The monoisotopic (exact) mass is 533 g/mol. The number of nitriles is 1. The van der Waals surface area contributed by atoms with Crippen LogP contribution in [0.3, 0.4) is 0 Å². The molecule has 0 unspecified atom stereocenters. The van der Waals surface area contributed by atoms with Crippen molar-refractivity contribution in [2.24, 2.45) is 5.92 Å². The molecule has 32 heavy (non-hydrogen) atoms. The van der Waals surface area contributed by atoms with E-state index in [1.165, 1.54) is 7.11 Å². The summed E-state index contributed by atoms with van der Waals surface area (Å²) in [6.07, 6.45) is 0. The number of allylic oxidation sites excluding steroid dienone is 1. The van der Waals surface area contributed by atoms with Gasteiger partial charge in [0.25, 0.3) is 0 Å². The fourth-order valence-corrected chi connectivity index (χ4v) is 4.62. The maximum Gasteiger partial charge on any atom is 0.319 e. The zero-order chi connectivity index (χ0) is 23.3. The fraction of sp³-hybridized carbons (Fsp3) is 0.182. The lowest BCUT2D eigenvalue weighted by atomic mass is 9.78. The second kappa shape index (κ2) is 10.7. The van der Waals surface area contributed by atoms with Gasteiger partial charge in [0.05, 0.1) is 29.5 Å². The van der Waals surface area contributed by atoms with E-state index >= 15 is 0 Å². The number of esters is 1. The Morgan fingerprint density at radius 2 is 1.94 bits per heavy atom. The molecule has 2 N–H and O–H groups in total. The third kappa shape index (κ3) is 5.33. The number of halogens is 2. The van der Waals surface area contributed by atoms with Gasteiger partial charge < -0.3 is 15.4 Å². The van der Waals surface area contributed by atoms with Gasteiger partial charge in [-0.2, -0.15) is 5.26 Å². The Morgan fingerprint density at radius 1 is 1.25 bits per heavy atom. The Kier molecular flexibility index (Phi) is 7.96. The van der Waals surface area contributed by atoms with Gasteiger partial charge in [-0.1, -0.05) is 57.5 Å². The summed E-state index contributed by atoms with van der Waals surface area (Å²) in [5, 5.41) is 15.7. The van der Waals surface area contributed by atoms with Crippen molar-refractivity contribution in [3.05, 3.63) is 74.2 Å². The van der Waals surface area contributed by atoms with Crippen LogP contribution in [0.15, 0.2) is 63.6 Å². The van der Waals surface area contributed by atoms with E-state index in [1.54, 1.807) is 48.5 Å². The molecular formula is C22H17BrClN3O4S. The highest BCUT2D eigenvalue weighted by atomic mass is 79.9.